The van der Waals surface area contributed by atoms with E-state index in [0.717, 1.165) is 49.2 Å². The highest BCUT2D eigenvalue weighted by molar-refractivity contribution is 6.29. The van der Waals surface area contributed by atoms with Gasteiger partial charge in [0.05, 0.1) is 11.1 Å². The van der Waals surface area contributed by atoms with Gasteiger partial charge in [-0.05, 0) is 92.1 Å². The van der Waals surface area contributed by atoms with Crippen molar-refractivity contribution in [2.24, 2.45) is 5.92 Å². The average molecular weight is 833 g/mol. The van der Waals surface area contributed by atoms with E-state index in [1.165, 1.54) is 6.20 Å². The number of benzene rings is 2. The first kappa shape index (κ1) is 44.5. The standard InChI is InChI=1S/C29H32ClN5O2.C16H17N3O4/c1-4-16-35(17-13-21(3)5-2)28(36)23-8-6-7-22(18-23)9-10-24-19-25(11-14-31-24)33-29(37)34-26-12-15-32-27(30)20-26;1-2-8-17-10-5-3-4-9-13(10)16(23)19(15(9)22)11-6-7-12(20)18-14(11)21/h6-8,11-12,14-15,18-21H,4-5,13,16-17H2,1-3H3,(H2,31,32,33,34,37);3-5,11,17H,2,6-8H2,1H3,(H,18,20,21). The highest BCUT2D eigenvalue weighted by atomic mass is 35.5. The Hall–Kier alpha value is -6.59. The largest absolute Gasteiger partial charge is 0.384 e. The van der Waals surface area contributed by atoms with Crippen molar-refractivity contribution in [3.8, 4) is 11.8 Å². The van der Waals surface area contributed by atoms with Crippen LogP contribution in [0.3, 0.4) is 0 Å². The van der Waals surface area contributed by atoms with Gasteiger partial charge >= 0.3 is 6.03 Å². The number of nitrogens with zero attached hydrogens (tertiary/aromatic N) is 4. The van der Waals surface area contributed by atoms with Gasteiger partial charge in [0, 0.05) is 66.6 Å². The summed E-state index contributed by atoms with van der Waals surface area (Å²) in [6, 6.07) is 17.6. The quantitative estimate of drug-likeness (QED) is 0.0607. The van der Waals surface area contributed by atoms with Crippen molar-refractivity contribution < 1.29 is 28.8 Å². The molecule has 4 heterocycles. The Balaban J connectivity index is 0.000000253. The highest BCUT2D eigenvalue weighted by Crippen LogP contribution is 2.32. The molecule has 1 fully saturated rings. The number of amides is 7. The summed E-state index contributed by atoms with van der Waals surface area (Å²) in [6.45, 7) is 10.6. The van der Waals surface area contributed by atoms with E-state index < -0.39 is 29.8 Å². The summed E-state index contributed by atoms with van der Waals surface area (Å²) in [5.74, 6) is 4.76. The SMILES string of the molecule is CCCN(CCC(C)CC)C(=O)c1cccc(C#Cc2cc(NC(=O)Nc3ccnc(Cl)c3)ccn2)c1.CCCNc1cccc2c1C(=O)N(C1CCC(=O)NC1=O)C2=O. The molecule has 0 bridgehead atoms. The third-order valence-electron chi connectivity index (χ3n) is 9.85. The normalized spacial score (nSPS) is 14.8. The van der Waals surface area contributed by atoms with Crippen LogP contribution in [0.25, 0.3) is 0 Å². The van der Waals surface area contributed by atoms with Gasteiger partial charge in [-0.25, -0.2) is 14.8 Å². The lowest BCUT2D eigenvalue weighted by molar-refractivity contribution is -0.136. The van der Waals surface area contributed by atoms with E-state index in [1.54, 1.807) is 48.7 Å². The molecule has 0 spiro atoms. The molecule has 0 aliphatic carbocycles. The predicted molar refractivity (Wildman–Crippen MR) is 231 cm³/mol. The lowest BCUT2D eigenvalue weighted by Crippen LogP contribution is -2.54. The van der Waals surface area contributed by atoms with Crippen LogP contribution < -0.4 is 21.3 Å². The third kappa shape index (κ3) is 11.8. The van der Waals surface area contributed by atoms with E-state index in [4.69, 9.17) is 11.6 Å². The molecule has 2 aromatic carbocycles. The van der Waals surface area contributed by atoms with E-state index in [-0.39, 0.29) is 29.8 Å². The maximum Gasteiger partial charge on any atom is 0.323 e. The number of aromatic nitrogens is 2. The Kier molecular flexibility index (Phi) is 15.9. The second-order valence-electron chi connectivity index (χ2n) is 14.4. The molecular formula is C45H49ClN8O6. The lowest BCUT2D eigenvalue weighted by atomic mass is 10.0. The number of halogens is 1. The van der Waals surface area contributed by atoms with Crippen LogP contribution in [0.1, 0.15) is 109 Å². The minimum atomic E-state index is -0.931. The molecule has 1 saturated heterocycles. The van der Waals surface area contributed by atoms with Crippen LogP contribution in [0.4, 0.5) is 21.9 Å². The summed E-state index contributed by atoms with van der Waals surface area (Å²) in [5.41, 5.74) is 4.09. The van der Waals surface area contributed by atoms with Gasteiger partial charge in [-0.2, -0.15) is 0 Å². The molecule has 2 aliphatic heterocycles. The summed E-state index contributed by atoms with van der Waals surface area (Å²) >= 11 is 5.85. The summed E-state index contributed by atoms with van der Waals surface area (Å²) in [4.78, 5) is 85.1. The van der Waals surface area contributed by atoms with E-state index in [2.05, 4.69) is 63.8 Å². The third-order valence-corrected chi connectivity index (χ3v) is 10.1. The van der Waals surface area contributed by atoms with Crippen molar-refractivity contribution in [1.29, 1.82) is 0 Å². The first-order valence-corrected chi connectivity index (χ1v) is 20.5. The van der Waals surface area contributed by atoms with Crippen LogP contribution in [0.15, 0.2) is 79.1 Å². The van der Waals surface area contributed by atoms with Crippen molar-refractivity contribution >= 4 is 64.2 Å². The molecular weight excluding hydrogens is 784 g/mol. The van der Waals surface area contributed by atoms with Crippen molar-refractivity contribution in [3.63, 3.8) is 0 Å². The number of nitrogens with one attached hydrogen (secondary N) is 4. The van der Waals surface area contributed by atoms with Crippen LogP contribution in [0.5, 0.6) is 0 Å². The number of anilines is 3. The molecule has 14 nitrogen and oxygen atoms in total. The Morgan fingerprint density at radius 3 is 2.33 bits per heavy atom. The fourth-order valence-electron chi connectivity index (χ4n) is 6.49. The number of urea groups is 1. The molecule has 6 rings (SSSR count). The highest BCUT2D eigenvalue weighted by Gasteiger charge is 2.45. The van der Waals surface area contributed by atoms with Crippen LogP contribution in [-0.2, 0) is 9.59 Å². The molecule has 2 unspecified atom stereocenters. The molecule has 0 saturated carbocycles. The molecule has 60 heavy (non-hydrogen) atoms. The van der Waals surface area contributed by atoms with Gasteiger partial charge in [-0.3, -0.25) is 34.2 Å². The van der Waals surface area contributed by atoms with Gasteiger partial charge in [0.25, 0.3) is 17.7 Å². The predicted octanol–water partition coefficient (Wildman–Crippen LogP) is 7.37. The van der Waals surface area contributed by atoms with Gasteiger partial charge < -0.3 is 20.9 Å². The number of hydrogen-bond donors (Lipinski definition) is 4. The second-order valence-corrected chi connectivity index (χ2v) is 14.8. The first-order chi connectivity index (χ1) is 28.9. The minimum absolute atomic E-state index is 0.0274. The first-order valence-electron chi connectivity index (χ1n) is 20.1. The van der Waals surface area contributed by atoms with Gasteiger partial charge in [0.2, 0.25) is 11.8 Å². The Bertz CT molecular complexity index is 2310. The van der Waals surface area contributed by atoms with E-state index in [0.29, 0.717) is 51.9 Å². The molecule has 2 aromatic heterocycles. The summed E-state index contributed by atoms with van der Waals surface area (Å²) < 4.78 is 0. The minimum Gasteiger partial charge on any atom is -0.384 e. The molecule has 0 radical (unpaired) electrons. The zero-order valence-corrected chi connectivity index (χ0v) is 34.9. The number of imide groups is 2. The van der Waals surface area contributed by atoms with E-state index in [1.807, 2.05) is 36.1 Å². The number of carbonyl (C=O) groups excluding carboxylic acids is 6. The van der Waals surface area contributed by atoms with E-state index in [9.17, 15) is 28.8 Å². The molecule has 312 valence electrons. The average Bonchev–Trinajstić information content (AvgIpc) is 3.49. The lowest BCUT2D eigenvalue weighted by Gasteiger charge is -2.27. The number of carbonyl (C=O) groups is 6. The number of piperidine rings is 1. The van der Waals surface area contributed by atoms with Crippen LogP contribution in [0, 0.1) is 17.8 Å². The number of hydrogen-bond acceptors (Lipinski definition) is 9. The maximum atomic E-state index is 13.2. The monoisotopic (exact) mass is 832 g/mol. The maximum absolute atomic E-state index is 13.2. The van der Waals surface area contributed by atoms with Crippen LogP contribution in [-0.4, -0.2) is 81.0 Å². The molecule has 15 heteroatoms. The molecule has 2 aliphatic rings. The topological polar surface area (TPSA) is 183 Å². The summed E-state index contributed by atoms with van der Waals surface area (Å²) in [5, 5.41) is 11.0. The molecule has 4 N–H and O–H groups in total. The smallest absolute Gasteiger partial charge is 0.323 e. The fourth-order valence-corrected chi connectivity index (χ4v) is 6.66. The van der Waals surface area contributed by atoms with Gasteiger partial charge in [0.1, 0.15) is 16.9 Å². The second kappa shape index (κ2) is 21.4. The number of pyridine rings is 2. The van der Waals surface area contributed by atoms with Crippen LogP contribution in [0.2, 0.25) is 5.15 Å². The van der Waals surface area contributed by atoms with Crippen molar-refractivity contribution in [2.75, 3.05) is 35.6 Å². The Morgan fingerprint density at radius 2 is 1.63 bits per heavy atom. The summed E-state index contributed by atoms with van der Waals surface area (Å²) in [7, 11) is 0. The Labute approximate surface area is 354 Å². The van der Waals surface area contributed by atoms with Gasteiger partial charge in [-0.15, -0.1) is 0 Å². The van der Waals surface area contributed by atoms with Crippen molar-refractivity contribution in [1.82, 2.24) is 25.1 Å². The number of fused-ring (bicyclic) bond motifs is 1. The van der Waals surface area contributed by atoms with Crippen molar-refractivity contribution in [2.45, 2.75) is 72.3 Å². The molecule has 7 amide bonds. The fraction of sp³-hybridized carbons (Fsp3) is 0.333. The molecule has 2 atom stereocenters. The summed E-state index contributed by atoms with van der Waals surface area (Å²) in [6.07, 6.45) is 7.25. The van der Waals surface area contributed by atoms with Gasteiger partial charge in [0.15, 0.2) is 0 Å². The Morgan fingerprint density at radius 1 is 0.900 bits per heavy atom. The zero-order valence-electron chi connectivity index (χ0n) is 34.1. The van der Waals surface area contributed by atoms with E-state index >= 15 is 0 Å². The molecule has 4 aromatic rings. The van der Waals surface area contributed by atoms with Crippen molar-refractivity contribution in [3.05, 3.63) is 112 Å². The number of rotatable bonds is 13. The van der Waals surface area contributed by atoms with Crippen LogP contribution >= 0.6 is 11.6 Å². The zero-order chi connectivity index (χ0) is 43.2. The van der Waals surface area contributed by atoms with Gasteiger partial charge in [-0.1, -0.05) is 63.8 Å².